The van der Waals surface area contributed by atoms with Gasteiger partial charge in [0.2, 0.25) is 5.78 Å². The van der Waals surface area contributed by atoms with Gasteiger partial charge in [0, 0.05) is 17.7 Å². The van der Waals surface area contributed by atoms with Crippen molar-refractivity contribution in [2.45, 2.75) is 6.04 Å². The lowest BCUT2D eigenvalue weighted by atomic mass is 9.98. The Morgan fingerprint density at radius 2 is 1.65 bits per heavy atom. The Hall–Kier alpha value is -2.75. The Morgan fingerprint density at radius 1 is 1.05 bits per heavy atom. The molecule has 0 radical (unpaired) electrons. The van der Waals surface area contributed by atoms with Crippen LogP contribution in [0.2, 0.25) is 0 Å². The summed E-state index contributed by atoms with van der Waals surface area (Å²) >= 11 is 0. The number of nitrogens with zero attached hydrogens (tertiary/aromatic N) is 1. The molecular formula is C16H14NO3+. The maximum Gasteiger partial charge on any atom is 0.252 e. The Labute approximate surface area is 116 Å². The van der Waals surface area contributed by atoms with E-state index in [1.807, 2.05) is 12.1 Å². The van der Waals surface area contributed by atoms with Crippen LogP contribution in [0.5, 0.6) is 0 Å². The highest BCUT2D eigenvalue weighted by Gasteiger charge is 2.32. The Kier molecular flexibility index (Phi) is 4.39. The molecule has 2 aromatic rings. The Bertz CT molecular complexity index is 621. The summed E-state index contributed by atoms with van der Waals surface area (Å²) in [6.07, 6.45) is 4.53. The average Bonchev–Trinajstić information content (AvgIpc) is 2.53. The number of aldehydes is 1. The number of aliphatic hydroxyl groups is 1. The van der Waals surface area contributed by atoms with Crippen LogP contribution in [0.4, 0.5) is 0 Å². The molecule has 1 aromatic heterocycles. The van der Waals surface area contributed by atoms with Crippen LogP contribution in [-0.2, 0) is 4.79 Å². The maximum absolute atomic E-state index is 12.6. The highest BCUT2D eigenvalue weighted by atomic mass is 16.2. The predicted octanol–water partition coefficient (Wildman–Crippen LogP) is 2.04. The fraction of sp³-hybridized carbons (Fsp3) is 0.0625. The number of aliphatic hydroxyl groups excluding tert-OH is 1. The van der Waals surface area contributed by atoms with E-state index in [1.165, 1.54) is 0 Å². The predicted molar refractivity (Wildman–Crippen MR) is 73.2 cm³/mol. The summed E-state index contributed by atoms with van der Waals surface area (Å²) in [6.45, 7) is 0. The molecule has 0 aliphatic carbocycles. The van der Waals surface area contributed by atoms with Gasteiger partial charge < -0.3 is 5.11 Å². The van der Waals surface area contributed by atoms with Crippen molar-refractivity contribution >= 4 is 12.1 Å². The van der Waals surface area contributed by atoms with E-state index in [-0.39, 0.29) is 11.4 Å². The van der Waals surface area contributed by atoms with Gasteiger partial charge in [-0.25, -0.2) is 0 Å². The molecule has 1 atom stereocenters. The third kappa shape index (κ3) is 2.80. The molecule has 0 aliphatic rings. The molecule has 0 spiro atoms. The summed E-state index contributed by atoms with van der Waals surface area (Å²) in [4.78, 5) is 23.7. The van der Waals surface area contributed by atoms with Gasteiger partial charge in [-0.2, -0.15) is 4.57 Å². The number of hydrogen-bond donors (Lipinski definition) is 1. The summed E-state index contributed by atoms with van der Waals surface area (Å²) in [5.74, 6) is -0.255. The van der Waals surface area contributed by atoms with Crippen LogP contribution in [0, 0.1) is 0 Å². The van der Waals surface area contributed by atoms with Crippen LogP contribution in [0.25, 0.3) is 0 Å². The van der Waals surface area contributed by atoms with Gasteiger partial charge in [0.25, 0.3) is 6.04 Å². The topological polar surface area (TPSA) is 58.2 Å². The molecule has 1 heterocycles. The van der Waals surface area contributed by atoms with E-state index in [0.717, 1.165) is 0 Å². The zero-order valence-electron chi connectivity index (χ0n) is 10.7. The molecule has 0 aliphatic heterocycles. The van der Waals surface area contributed by atoms with Crippen molar-refractivity contribution in [2.24, 2.45) is 0 Å². The minimum Gasteiger partial charge on any atom is -0.515 e. The highest BCUT2D eigenvalue weighted by Crippen LogP contribution is 2.16. The molecule has 100 valence electrons. The standard InChI is InChI=1S/C16H13NO3/c18-11-14(12-19)15(17-9-5-2-6-10-17)16(20)13-7-3-1-4-8-13/h1-12,15H/p+1. The largest absolute Gasteiger partial charge is 0.515 e. The van der Waals surface area contributed by atoms with Crippen molar-refractivity contribution in [3.05, 3.63) is 78.3 Å². The first-order valence-electron chi connectivity index (χ1n) is 6.12. The first-order chi connectivity index (χ1) is 9.77. The van der Waals surface area contributed by atoms with Gasteiger partial charge in [0.15, 0.2) is 18.7 Å². The van der Waals surface area contributed by atoms with Gasteiger partial charge in [-0.15, -0.1) is 0 Å². The van der Waals surface area contributed by atoms with Crippen molar-refractivity contribution in [1.29, 1.82) is 0 Å². The number of allylic oxidation sites excluding steroid dienone is 1. The van der Waals surface area contributed by atoms with Gasteiger partial charge in [-0.1, -0.05) is 36.4 Å². The fourth-order valence-electron chi connectivity index (χ4n) is 1.97. The quantitative estimate of drug-likeness (QED) is 0.297. The maximum atomic E-state index is 12.6. The number of ketones is 1. The van der Waals surface area contributed by atoms with E-state index in [9.17, 15) is 14.7 Å². The minimum atomic E-state index is -0.874. The van der Waals surface area contributed by atoms with Crippen LogP contribution in [0.15, 0.2) is 72.8 Å². The van der Waals surface area contributed by atoms with Crippen molar-refractivity contribution < 1.29 is 19.3 Å². The second-order valence-corrected chi connectivity index (χ2v) is 4.20. The average molecular weight is 268 g/mol. The van der Waals surface area contributed by atoms with Crippen molar-refractivity contribution in [2.75, 3.05) is 0 Å². The number of aromatic nitrogens is 1. The number of Topliss-reactive ketones (excluding diaryl/α,β-unsaturated/α-hetero) is 1. The van der Waals surface area contributed by atoms with Crippen LogP contribution in [-0.4, -0.2) is 17.2 Å². The normalized spacial score (nSPS) is 12.7. The molecule has 2 rings (SSSR count). The summed E-state index contributed by atoms with van der Waals surface area (Å²) in [7, 11) is 0. The number of pyridine rings is 1. The van der Waals surface area contributed by atoms with Gasteiger partial charge in [0.05, 0.1) is 6.26 Å². The molecule has 1 unspecified atom stereocenters. The molecule has 1 N–H and O–H groups in total. The van der Waals surface area contributed by atoms with Gasteiger partial charge >= 0.3 is 0 Å². The zero-order valence-corrected chi connectivity index (χ0v) is 10.7. The fourth-order valence-corrected chi connectivity index (χ4v) is 1.97. The van der Waals surface area contributed by atoms with Crippen LogP contribution in [0.1, 0.15) is 16.4 Å². The van der Waals surface area contributed by atoms with Gasteiger partial charge in [-0.05, 0) is 0 Å². The molecule has 0 saturated heterocycles. The SMILES string of the molecule is O=C/C(=C/O)C(C(=O)c1ccccc1)[n+]1ccccc1. The Balaban J connectivity index is 2.48. The van der Waals surface area contributed by atoms with Crippen molar-refractivity contribution in [1.82, 2.24) is 0 Å². The van der Waals surface area contributed by atoms with Gasteiger partial charge in [0.1, 0.15) is 5.57 Å². The Morgan fingerprint density at radius 3 is 2.20 bits per heavy atom. The summed E-state index contributed by atoms with van der Waals surface area (Å²) in [5.41, 5.74) is 0.491. The lowest BCUT2D eigenvalue weighted by Gasteiger charge is -2.10. The second-order valence-electron chi connectivity index (χ2n) is 4.20. The highest BCUT2D eigenvalue weighted by molar-refractivity contribution is 6.02. The minimum absolute atomic E-state index is 0.00931. The van der Waals surface area contributed by atoms with E-state index in [4.69, 9.17) is 0 Å². The smallest absolute Gasteiger partial charge is 0.252 e. The lowest BCUT2D eigenvalue weighted by Crippen LogP contribution is -2.44. The molecule has 0 saturated carbocycles. The number of carbonyl (C=O) groups is 2. The third-order valence-corrected chi connectivity index (χ3v) is 2.94. The summed E-state index contributed by atoms with van der Waals surface area (Å²) in [5, 5.41) is 9.19. The second kappa shape index (κ2) is 6.43. The van der Waals surface area contributed by atoms with E-state index < -0.39 is 6.04 Å². The first kappa shape index (κ1) is 13.7. The van der Waals surface area contributed by atoms with Gasteiger partial charge in [-0.3, -0.25) is 9.59 Å². The van der Waals surface area contributed by atoms with E-state index in [2.05, 4.69) is 0 Å². The number of carbonyl (C=O) groups excluding carboxylic acids is 2. The van der Waals surface area contributed by atoms with Crippen molar-refractivity contribution in [3.8, 4) is 0 Å². The third-order valence-electron chi connectivity index (χ3n) is 2.94. The molecular weight excluding hydrogens is 254 g/mol. The van der Waals surface area contributed by atoms with Crippen LogP contribution >= 0.6 is 0 Å². The van der Waals surface area contributed by atoms with E-state index in [0.29, 0.717) is 18.1 Å². The van der Waals surface area contributed by atoms with E-state index >= 15 is 0 Å². The molecule has 4 heteroatoms. The number of hydrogen-bond acceptors (Lipinski definition) is 3. The van der Waals surface area contributed by atoms with Crippen LogP contribution in [0.3, 0.4) is 0 Å². The lowest BCUT2D eigenvalue weighted by molar-refractivity contribution is -0.699. The molecule has 0 bridgehead atoms. The van der Waals surface area contributed by atoms with E-state index in [1.54, 1.807) is 53.4 Å². The number of benzene rings is 1. The summed E-state index contributed by atoms with van der Waals surface area (Å²) in [6, 6.07) is 13.1. The van der Waals surface area contributed by atoms with Crippen molar-refractivity contribution in [3.63, 3.8) is 0 Å². The summed E-state index contributed by atoms with van der Waals surface area (Å²) < 4.78 is 1.59. The molecule has 1 aromatic carbocycles. The first-order valence-corrected chi connectivity index (χ1v) is 6.12. The zero-order chi connectivity index (χ0) is 14.4. The van der Waals surface area contributed by atoms with Crippen LogP contribution < -0.4 is 4.57 Å². The monoisotopic (exact) mass is 268 g/mol. The molecule has 20 heavy (non-hydrogen) atoms. The number of rotatable bonds is 5. The molecule has 0 amide bonds. The molecule has 4 nitrogen and oxygen atoms in total. The molecule has 0 fully saturated rings.